The summed E-state index contributed by atoms with van der Waals surface area (Å²) >= 11 is 0. The first kappa shape index (κ1) is 19.8. The van der Waals surface area contributed by atoms with Gasteiger partial charge in [-0.1, -0.05) is 12.1 Å². The number of aromatic nitrogens is 4. The minimum Gasteiger partial charge on any atom is -0.338 e. The first-order chi connectivity index (χ1) is 14.8. The summed E-state index contributed by atoms with van der Waals surface area (Å²) in [5.41, 5.74) is 4.11. The van der Waals surface area contributed by atoms with Gasteiger partial charge in [0.25, 0.3) is 0 Å². The fourth-order valence-corrected chi connectivity index (χ4v) is 4.35. The number of halogens is 1. The molecule has 2 aromatic heterocycles. The molecule has 1 amide bonds. The average Bonchev–Trinajstić information content (AvgIpc) is 3.05. The van der Waals surface area contributed by atoms with Crippen molar-refractivity contribution in [3.05, 3.63) is 47.9 Å². The first-order valence-corrected chi connectivity index (χ1v) is 10.7. The summed E-state index contributed by atoms with van der Waals surface area (Å²) < 4.78 is 17.9. The molecule has 3 heterocycles. The first-order valence-electron chi connectivity index (χ1n) is 10.7. The maximum atomic E-state index is 14.2. The quantitative estimate of drug-likeness (QED) is 0.681. The van der Waals surface area contributed by atoms with Crippen molar-refractivity contribution in [2.45, 2.75) is 45.4 Å². The molecule has 1 aliphatic heterocycles. The van der Waals surface area contributed by atoms with Crippen molar-refractivity contribution in [2.24, 2.45) is 13.0 Å². The van der Waals surface area contributed by atoms with Gasteiger partial charge in [-0.3, -0.25) is 14.2 Å². The average molecular weight is 423 g/mol. The number of aryl methyl sites for hydroxylation is 1. The van der Waals surface area contributed by atoms with Gasteiger partial charge in [-0.05, 0) is 31.0 Å². The number of hydrogen-bond donors (Lipinski definition) is 1. The van der Waals surface area contributed by atoms with E-state index in [1.165, 1.54) is 0 Å². The van der Waals surface area contributed by atoms with Crippen molar-refractivity contribution in [1.82, 2.24) is 24.5 Å². The number of rotatable bonds is 5. The van der Waals surface area contributed by atoms with Gasteiger partial charge < -0.3 is 10.2 Å². The SMILES string of the molecule is CC(=O)N1CCc2c(c(Nc3ccc(-c4cnn(C)c4)cc3)nn2CC2CC2(C)F)C1. The monoisotopic (exact) mass is 422 g/mol. The molecule has 7 nitrogen and oxygen atoms in total. The van der Waals surface area contributed by atoms with Crippen molar-refractivity contribution in [1.29, 1.82) is 0 Å². The molecule has 0 bridgehead atoms. The standard InChI is InChI=1S/C23H27FN6O/c1-15(31)29-9-8-21-20(14-29)22(27-30(21)13-18-10-23(18,2)24)26-19-6-4-16(5-7-19)17-11-25-28(3)12-17/h4-7,11-12,18H,8-10,13-14H2,1-3H3,(H,26,27). The number of amides is 1. The highest BCUT2D eigenvalue weighted by atomic mass is 19.1. The summed E-state index contributed by atoms with van der Waals surface area (Å²) in [6.45, 7) is 5.03. The van der Waals surface area contributed by atoms with Crippen molar-refractivity contribution >= 4 is 17.4 Å². The molecule has 1 aromatic carbocycles. The molecule has 0 saturated heterocycles. The van der Waals surface area contributed by atoms with Crippen LogP contribution in [0, 0.1) is 5.92 Å². The minimum atomic E-state index is -1.09. The van der Waals surface area contributed by atoms with E-state index in [-0.39, 0.29) is 11.8 Å². The second kappa shape index (κ2) is 7.21. The molecule has 31 heavy (non-hydrogen) atoms. The molecule has 2 unspecified atom stereocenters. The molecule has 5 rings (SSSR count). The van der Waals surface area contributed by atoms with Gasteiger partial charge in [0.05, 0.1) is 12.7 Å². The van der Waals surface area contributed by atoms with Crippen LogP contribution in [0.2, 0.25) is 0 Å². The van der Waals surface area contributed by atoms with Crippen LogP contribution in [0.5, 0.6) is 0 Å². The molecule has 1 fully saturated rings. The van der Waals surface area contributed by atoms with Gasteiger partial charge in [-0.25, -0.2) is 4.39 Å². The Morgan fingerprint density at radius 1 is 1.29 bits per heavy atom. The summed E-state index contributed by atoms with van der Waals surface area (Å²) in [5.74, 6) is 0.814. The van der Waals surface area contributed by atoms with E-state index < -0.39 is 5.67 Å². The molecule has 162 valence electrons. The summed E-state index contributed by atoms with van der Waals surface area (Å²) in [4.78, 5) is 13.8. The van der Waals surface area contributed by atoms with Crippen molar-refractivity contribution < 1.29 is 9.18 Å². The molecule has 1 aliphatic carbocycles. The number of alkyl halides is 1. The number of anilines is 2. The Labute approximate surface area is 180 Å². The van der Waals surface area contributed by atoms with Gasteiger partial charge in [0.1, 0.15) is 5.67 Å². The Morgan fingerprint density at radius 2 is 2.03 bits per heavy atom. The predicted octanol–water partition coefficient (Wildman–Crippen LogP) is 3.68. The van der Waals surface area contributed by atoms with Crippen molar-refractivity contribution in [2.75, 3.05) is 11.9 Å². The molecular formula is C23H27FN6O. The lowest BCUT2D eigenvalue weighted by Crippen LogP contribution is -2.34. The highest BCUT2D eigenvalue weighted by molar-refractivity contribution is 5.74. The highest BCUT2D eigenvalue weighted by Crippen LogP contribution is 2.48. The van der Waals surface area contributed by atoms with Crippen LogP contribution in [0.4, 0.5) is 15.9 Å². The fourth-order valence-electron chi connectivity index (χ4n) is 4.35. The number of nitrogens with one attached hydrogen (secondary N) is 1. The number of fused-ring (bicyclic) bond motifs is 1. The van der Waals surface area contributed by atoms with Gasteiger partial charge >= 0.3 is 0 Å². The molecular weight excluding hydrogens is 395 g/mol. The van der Waals surface area contributed by atoms with E-state index in [9.17, 15) is 9.18 Å². The van der Waals surface area contributed by atoms with Crippen LogP contribution in [0.3, 0.4) is 0 Å². The topological polar surface area (TPSA) is 68.0 Å². The number of nitrogens with zero attached hydrogens (tertiary/aromatic N) is 5. The fraction of sp³-hybridized carbons (Fsp3) is 0.435. The Hall–Kier alpha value is -3.16. The van der Waals surface area contributed by atoms with E-state index in [0.717, 1.165) is 40.3 Å². The zero-order chi connectivity index (χ0) is 21.8. The second-order valence-corrected chi connectivity index (χ2v) is 8.93. The summed E-state index contributed by atoms with van der Waals surface area (Å²) in [6, 6.07) is 8.12. The molecule has 1 saturated carbocycles. The number of carbonyl (C=O) groups excluding carboxylic acids is 1. The Morgan fingerprint density at radius 3 is 2.65 bits per heavy atom. The van der Waals surface area contributed by atoms with Crippen LogP contribution in [0.25, 0.3) is 11.1 Å². The Bertz CT molecular complexity index is 1130. The van der Waals surface area contributed by atoms with Gasteiger partial charge in [0, 0.05) is 68.1 Å². The normalized spacial score (nSPS) is 22.3. The summed E-state index contributed by atoms with van der Waals surface area (Å²) in [6.07, 6.45) is 5.14. The van der Waals surface area contributed by atoms with Crippen molar-refractivity contribution in [3.63, 3.8) is 0 Å². The Kier molecular flexibility index (Phi) is 4.60. The van der Waals surface area contributed by atoms with E-state index in [0.29, 0.717) is 26.1 Å². The van der Waals surface area contributed by atoms with E-state index in [2.05, 4.69) is 10.4 Å². The maximum Gasteiger partial charge on any atom is 0.219 e. The molecule has 3 aromatic rings. The summed E-state index contributed by atoms with van der Waals surface area (Å²) in [7, 11) is 1.90. The van der Waals surface area contributed by atoms with Gasteiger partial charge in [-0.15, -0.1) is 0 Å². The number of hydrogen-bond acceptors (Lipinski definition) is 4. The highest BCUT2D eigenvalue weighted by Gasteiger charge is 2.51. The van der Waals surface area contributed by atoms with E-state index >= 15 is 0 Å². The minimum absolute atomic E-state index is 0.00829. The van der Waals surface area contributed by atoms with Crippen LogP contribution in [0.1, 0.15) is 31.5 Å². The van der Waals surface area contributed by atoms with Crippen molar-refractivity contribution in [3.8, 4) is 11.1 Å². The molecule has 2 aliphatic rings. The smallest absolute Gasteiger partial charge is 0.219 e. The lowest BCUT2D eigenvalue weighted by atomic mass is 10.1. The lowest BCUT2D eigenvalue weighted by molar-refractivity contribution is -0.129. The molecule has 0 radical (unpaired) electrons. The number of benzene rings is 1. The third-order valence-electron chi connectivity index (χ3n) is 6.50. The number of carbonyl (C=O) groups is 1. The molecule has 2 atom stereocenters. The zero-order valence-electron chi connectivity index (χ0n) is 18.1. The van der Waals surface area contributed by atoms with Crippen LogP contribution < -0.4 is 5.32 Å². The van der Waals surface area contributed by atoms with E-state index in [4.69, 9.17) is 5.10 Å². The van der Waals surface area contributed by atoms with Gasteiger partial charge in [0.15, 0.2) is 5.82 Å². The second-order valence-electron chi connectivity index (χ2n) is 8.93. The third kappa shape index (κ3) is 3.82. The van der Waals surface area contributed by atoms with Crippen LogP contribution in [-0.4, -0.2) is 42.6 Å². The van der Waals surface area contributed by atoms with Gasteiger partial charge in [-0.2, -0.15) is 10.2 Å². The van der Waals surface area contributed by atoms with Crippen LogP contribution in [0.15, 0.2) is 36.7 Å². The maximum absolute atomic E-state index is 14.2. The third-order valence-corrected chi connectivity index (χ3v) is 6.50. The van der Waals surface area contributed by atoms with Crippen LogP contribution in [-0.2, 0) is 31.4 Å². The predicted molar refractivity (Wildman–Crippen MR) is 117 cm³/mol. The zero-order valence-corrected chi connectivity index (χ0v) is 18.1. The summed E-state index contributed by atoms with van der Waals surface area (Å²) in [5, 5.41) is 12.4. The molecule has 8 heteroatoms. The molecule has 0 spiro atoms. The molecule has 1 N–H and O–H groups in total. The lowest BCUT2D eigenvalue weighted by Gasteiger charge is -2.26. The van der Waals surface area contributed by atoms with E-state index in [1.54, 1.807) is 18.5 Å². The Balaban J connectivity index is 1.41. The largest absolute Gasteiger partial charge is 0.338 e. The van der Waals surface area contributed by atoms with Crippen LogP contribution >= 0.6 is 0 Å². The van der Waals surface area contributed by atoms with E-state index in [1.807, 2.05) is 53.3 Å². The van der Waals surface area contributed by atoms with Gasteiger partial charge in [0.2, 0.25) is 5.91 Å².